The number of rotatable bonds is 7. The number of hydrogen-bond donors (Lipinski definition) is 1. The molecule has 5 heteroatoms. The Balaban J connectivity index is 1.37. The summed E-state index contributed by atoms with van der Waals surface area (Å²) in [6.45, 7) is 4.69. The first-order valence-corrected chi connectivity index (χ1v) is 9.76. The molecule has 0 radical (unpaired) electrons. The normalized spacial score (nSPS) is 13.5. The molecule has 3 rings (SSSR count). The summed E-state index contributed by atoms with van der Waals surface area (Å²) in [7, 11) is 1.63. The van der Waals surface area contributed by atoms with E-state index >= 15 is 0 Å². The van der Waals surface area contributed by atoms with Gasteiger partial charge in [-0.05, 0) is 44.0 Å². The van der Waals surface area contributed by atoms with Gasteiger partial charge in [0.25, 0.3) is 0 Å². The lowest BCUT2D eigenvalue weighted by Gasteiger charge is -2.17. The smallest absolute Gasteiger partial charge is 0.221 e. The number of aryl methyl sites for hydroxylation is 1. The molecule has 0 bridgehead atoms. The molecule has 0 saturated carbocycles. The highest BCUT2D eigenvalue weighted by molar-refractivity contribution is 5.76. The van der Waals surface area contributed by atoms with Crippen molar-refractivity contribution in [3.8, 4) is 29.1 Å². The molecule has 152 valence electrons. The van der Waals surface area contributed by atoms with Crippen LogP contribution in [0.3, 0.4) is 0 Å². The summed E-state index contributed by atoms with van der Waals surface area (Å²) in [5.41, 5.74) is 2.05. The fourth-order valence-electron chi connectivity index (χ4n) is 3.21. The summed E-state index contributed by atoms with van der Waals surface area (Å²) in [6.07, 6.45) is 1.98. The highest BCUT2D eigenvalue weighted by Crippen LogP contribution is 2.41. The summed E-state index contributed by atoms with van der Waals surface area (Å²) in [5, 5.41) is 2.81. The fourth-order valence-corrected chi connectivity index (χ4v) is 3.21. The van der Waals surface area contributed by atoms with Gasteiger partial charge >= 0.3 is 0 Å². The second-order valence-corrected chi connectivity index (χ2v) is 7.55. The highest BCUT2D eigenvalue weighted by Gasteiger charge is 2.32. The quantitative estimate of drug-likeness (QED) is 0.731. The zero-order chi connectivity index (χ0) is 20.7. The minimum atomic E-state index is -0.205. The van der Waals surface area contributed by atoms with Crippen molar-refractivity contribution in [1.82, 2.24) is 5.32 Å². The number of amides is 1. The van der Waals surface area contributed by atoms with Gasteiger partial charge in [0.05, 0.1) is 13.7 Å². The number of nitrogens with one attached hydrogen (secondary N) is 1. The van der Waals surface area contributed by atoms with Crippen LogP contribution >= 0.6 is 0 Å². The summed E-state index contributed by atoms with van der Waals surface area (Å²) < 4.78 is 16.9. The average molecular weight is 393 g/mol. The van der Waals surface area contributed by atoms with Gasteiger partial charge in [-0.25, -0.2) is 0 Å². The molecule has 1 aliphatic rings. The van der Waals surface area contributed by atoms with Crippen LogP contribution < -0.4 is 19.5 Å². The number of hydrogen-bond acceptors (Lipinski definition) is 4. The minimum absolute atomic E-state index is 0.0208. The third-order valence-corrected chi connectivity index (χ3v) is 4.65. The van der Waals surface area contributed by atoms with Crippen molar-refractivity contribution in [3.05, 3.63) is 53.6 Å². The van der Waals surface area contributed by atoms with Crippen LogP contribution in [0.1, 0.15) is 31.4 Å². The fraction of sp³-hybridized carbons (Fsp3) is 0.375. The van der Waals surface area contributed by atoms with Crippen molar-refractivity contribution in [2.24, 2.45) is 0 Å². The summed E-state index contributed by atoms with van der Waals surface area (Å²) in [5.74, 6) is 8.17. The molecule has 0 fully saturated rings. The van der Waals surface area contributed by atoms with Crippen molar-refractivity contribution in [1.29, 1.82) is 0 Å². The molecule has 0 atom stereocenters. The summed E-state index contributed by atoms with van der Waals surface area (Å²) in [4.78, 5) is 11.9. The number of carbonyl (C=O) groups is 1. The molecule has 0 unspecified atom stereocenters. The molecule has 2 aromatic carbocycles. The Bertz CT molecular complexity index is 907. The van der Waals surface area contributed by atoms with Crippen molar-refractivity contribution < 1.29 is 19.0 Å². The lowest BCUT2D eigenvalue weighted by Crippen LogP contribution is -2.24. The molecule has 5 nitrogen and oxygen atoms in total. The van der Waals surface area contributed by atoms with Crippen LogP contribution in [0, 0.1) is 11.8 Å². The predicted molar refractivity (Wildman–Crippen MR) is 112 cm³/mol. The Morgan fingerprint density at radius 2 is 1.97 bits per heavy atom. The van der Waals surface area contributed by atoms with Crippen LogP contribution in [0.5, 0.6) is 17.2 Å². The van der Waals surface area contributed by atoms with Crippen LogP contribution in [-0.4, -0.2) is 31.8 Å². The van der Waals surface area contributed by atoms with Gasteiger partial charge in [0.1, 0.15) is 18.0 Å². The Kier molecular flexibility index (Phi) is 6.66. The van der Waals surface area contributed by atoms with Gasteiger partial charge in [0.15, 0.2) is 11.5 Å². The van der Waals surface area contributed by atoms with Crippen molar-refractivity contribution in [2.45, 2.75) is 38.7 Å². The third-order valence-electron chi connectivity index (χ3n) is 4.65. The van der Waals surface area contributed by atoms with Crippen LogP contribution in [-0.2, 0) is 17.6 Å². The van der Waals surface area contributed by atoms with E-state index in [1.165, 1.54) is 0 Å². The van der Waals surface area contributed by atoms with Gasteiger partial charge in [-0.3, -0.25) is 4.79 Å². The topological polar surface area (TPSA) is 56.8 Å². The zero-order valence-electron chi connectivity index (χ0n) is 17.2. The van der Waals surface area contributed by atoms with Crippen LogP contribution in [0.25, 0.3) is 0 Å². The molecule has 1 N–H and O–H groups in total. The van der Waals surface area contributed by atoms with E-state index in [1.54, 1.807) is 7.11 Å². The van der Waals surface area contributed by atoms with E-state index < -0.39 is 0 Å². The van der Waals surface area contributed by atoms with Gasteiger partial charge < -0.3 is 19.5 Å². The number of ether oxygens (including phenoxy) is 3. The first-order valence-electron chi connectivity index (χ1n) is 9.76. The van der Waals surface area contributed by atoms with Crippen molar-refractivity contribution >= 4 is 5.91 Å². The maximum Gasteiger partial charge on any atom is 0.221 e. The highest BCUT2D eigenvalue weighted by atomic mass is 16.5. The van der Waals surface area contributed by atoms with E-state index in [4.69, 9.17) is 14.2 Å². The number of carbonyl (C=O) groups excluding carboxylic acids is 1. The molecule has 1 heterocycles. The maximum absolute atomic E-state index is 11.9. The lowest BCUT2D eigenvalue weighted by atomic mass is 10.0. The van der Waals surface area contributed by atoms with Crippen LogP contribution in [0.15, 0.2) is 42.5 Å². The van der Waals surface area contributed by atoms with Gasteiger partial charge in [0.2, 0.25) is 5.91 Å². The molecule has 2 aromatic rings. The molecule has 1 amide bonds. The Morgan fingerprint density at radius 1 is 1.17 bits per heavy atom. The van der Waals surface area contributed by atoms with E-state index in [0.29, 0.717) is 25.1 Å². The van der Waals surface area contributed by atoms with E-state index in [1.807, 2.05) is 36.4 Å². The predicted octanol–water partition coefficient (Wildman–Crippen LogP) is 3.54. The first kappa shape index (κ1) is 20.6. The second kappa shape index (κ2) is 9.38. The Hall–Kier alpha value is -3.13. The van der Waals surface area contributed by atoms with E-state index in [0.717, 1.165) is 29.0 Å². The van der Waals surface area contributed by atoms with E-state index in [-0.39, 0.29) is 18.1 Å². The van der Waals surface area contributed by atoms with Gasteiger partial charge in [0, 0.05) is 18.4 Å². The monoisotopic (exact) mass is 393 g/mol. The molecular formula is C24H27NO4. The van der Waals surface area contributed by atoms with Gasteiger partial charge in [-0.15, -0.1) is 0 Å². The van der Waals surface area contributed by atoms with Gasteiger partial charge in [-0.2, -0.15) is 0 Å². The molecule has 0 aromatic heterocycles. The van der Waals surface area contributed by atoms with Gasteiger partial charge in [-0.1, -0.05) is 36.1 Å². The maximum atomic E-state index is 11.9. The molecule has 29 heavy (non-hydrogen) atoms. The standard InChI is InChI=1S/C24H27NO4/c1-24(2)17-19-7-6-8-21(23(19)29-24)28-16-5-4-15-25-22(26)14-11-18-9-12-20(27-3)13-10-18/h6-10,12-13H,11,14-17H2,1-3H3,(H,25,26). The zero-order valence-corrected chi connectivity index (χ0v) is 17.2. The average Bonchev–Trinajstić information content (AvgIpc) is 3.04. The SMILES string of the molecule is COc1ccc(CCC(=O)NCC#CCOc2cccc3c2OC(C)(C)C3)cc1. The second-order valence-electron chi connectivity index (χ2n) is 7.55. The molecule has 0 aliphatic carbocycles. The number of fused-ring (bicyclic) bond motifs is 1. The van der Waals surface area contributed by atoms with E-state index in [2.05, 4.69) is 37.1 Å². The Labute approximate surface area is 172 Å². The molecule has 0 saturated heterocycles. The first-order chi connectivity index (χ1) is 14.0. The molecule has 1 aliphatic heterocycles. The number of para-hydroxylation sites is 1. The van der Waals surface area contributed by atoms with Crippen LogP contribution in [0.4, 0.5) is 0 Å². The molecule has 0 spiro atoms. The third kappa shape index (κ3) is 5.92. The van der Waals surface area contributed by atoms with E-state index in [9.17, 15) is 4.79 Å². The van der Waals surface area contributed by atoms with Crippen LogP contribution in [0.2, 0.25) is 0 Å². The van der Waals surface area contributed by atoms with Crippen molar-refractivity contribution in [3.63, 3.8) is 0 Å². The number of benzene rings is 2. The minimum Gasteiger partial charge on any atom is -0.497 e. The summed E-state index contributed by atoms with van der Waals surface area (Å²) >= 11 is 0. The summed E-state index contributed by atoms with van der Waals surface area (Å²) in [6, 6.07) is 13.6. The lowest BCUT2D eigenvalue weighted by molar-refractivity contribution is -0.120. The largest absolute Gasteiger partial charge is 0.497 e. The Morgan fingerprint density at radius 3 is 2.72 bits per heavy atom. The van der Waals surface area contributed by atoms with Crippen molar-refractivity contribution in [2.75, 3.05) is 20.3 Å². The molecular weight excluding hydrogens is 366 g/mol. The number of methoxy groups -OCH3 is 1.